The molecule has 0 radical (unpaired) electrons. The van der Waals surface area contributed by atoms with E-state index in [4.69, 9.17) is 0 Å². The summed E-state index contributed by atoms with van der Waals surface area (Å²) in [6.45, 7) is 2.31. The summed E-state index contributed by atoms with van der Waals surface area (Å²) in [5, 5.41) is 3.47. The number of aromatic nitrogens is 1. The summed E-state index contributed by atoms with van der Waals surface area (Å²) >= 11 is 3.62. The third-order valence-electron chi connectivity index (χ3n) is 2.54. The van der Waals surface area contributed by atoms with E-state index >= 15 is 0 Å². The normalized spacial score (nSPS) is 20.1. The highest BCUT2D eigenvalue weighted by Crippen LogP contribution is 2.50. The average Bonchev–Trinajstić information content (AvgIpc) is 2.50. The summed E-state index contributed by atoms with van der Waals surface area (Å²) in [4.78, 5) is 5.87. The summed E-state index contributed by atoms with van der Waals surface area (Å²) in [5.41, 5.74) is 0.448. The lowest BCUT2D eigenvalue weighted by molar-refractivity contribution is 0.780. The average molecular weight is 195 g/mol. The van der Waals surface area contributed by atoms with Gasteiger partial charge in [0.05, 0.1) is 4.70 Å². The van der Waals surface area contributed by atoms with E-state index < -0.39 is 0 Å². The largest absolute Gasteiger partial charge is 0.230 e. The summed E-state index contributed by atoms with van der Waals surface area (Å²) in [7, 11) is 0. The fraction of sp³-hybridized carbons (Fsp3) is 0.444. The van der Waals surface area contributed by atoms with Crippen molar-refractivity contribution < 1.29 is 0 Å². The molecule has 0 spiro atoms. The Hall–Kier alpha value is -0.410. The van der Waals surface area contributed by atoms with Crippen molar-refractivity contribution in [3.05, 3.63) is 16.5 Å². The Morgan fingerprint density at radius 3 is 3.00 bits per heavy atom. The number of fused-ring (bicyclic) bond motifs is 1. The first-order valence-electron chi connectivity index (χ1n) is 4.12. The Labute approximate surface area is 79.1 Å². The molecule has 0 atom stereocenters. The zero-order valence-corrected chi connectivity index (χ0v) is 8.47. The van der Waals surface area contributed by atoms with Crippen LogP contribution < -0.4 is 0 Å². The second-order valence-corrected chi connectivity index (χ2v) is 5.59. The summed E-state index contributed by atoms with van der Waals surface area (Å²) in [6, 6.07) is 2.17. The molecule has 2 aromatic heterocycles. The predicted octanol–water partition coefficient (Wildman–Crippen LogP) is 3.41. The minimum absolute atomic E-state index is 0.448. The summed E-state index contributed by atoms with van der Waals surface area (Å²) in [5.74, 6) is 0. The first kappa shape index (κ1) is 7.04. The first-order valence-corrected chi connectivity index (χ1v) is 5.82. The topological polar surface area (TPSA) is 12.9 Å². The van der Waals surface area contributed by atoms with Gasteiger partial charge in [0.25, 0.3) is 0 Å². The van der Waals surface area contributed by atoms with E-state index in [1.807, 2.05) is 11.3 Å². The minimum atomic E-state index is 0.448. The Morgan fingerprint density at radius 1 is 1.50 bits per heavy atom. The van der Waals surface area contributed by atoms with Crippen molar-refractivity contribution in [2.24, 2.45) is 0 Å². The number of thiazole rings is 1. The van der Waals surface area contributed by atoms with Gasteiger partial charge in [-0.1, -0.05) is 6.92 Å². The fourth-order valence-corrected chi connectivity index (χ4v) is 3.47. The molecule has 62 valence electrons. The standard InChI is InChI=1S/C9H9NS2/c1-9(3-4-9)8-10-7-6(12-8)2-5-11-7/h2,5H,3-4H2,1H3. The van der Waals surface area contributed by atoms with Gasteiger partial charge >= 0.3 is 0 Å². The molecule has 2 aromatic rings. The molecule has 0 aromatic carbocycles. The predicted molar refractivity (Wildman–Crippen MR) is 54.1 cm³/mol. The van der Waals surface area contributed by atoms with Gasteiger partial charge < -0.3 is 0 Å². The van der Waals surface area contributed by atoms with Crippen molar-refractivity contribution in [2.45, 2.75) is 25.2 Å². The first-order chi connectivity index (χ1) is 5.78. The monoisotopic (exact) mass is 195 g/mol. The molecule has 12 heavy (non-hydrogen) atoms. The quantitative estimate of drug-likeness (QED) is 0.679. The maximum Gasteiger partial charge on any atom is 0.134 e. The van der Waals surface area contributed by atoms with Gasteiger partial charge in [-0.2, -0.15) is 0 Å². The Kier molecular flexibility index (Phi) is 1.23. The molecule has 1 saturated carbocycles. The van der Waals surface area contributed by atoms with E-state index in [0.29, 0.717) is 5.41 Å². The molecule has 1 aliphatic carbocycles. The van der Waals surface area contributed by atoms with Crippen LogP contribution >= 0.6 is 22.7 Å². The van der Waals surface area contributed by atoms with Gasteiger partial charge in [-0.25, -0.2) is 4.98 Å². The Bertz CT molecular complexity index is 394. The highest BCUT2D eigenvalue weighted by atomic mass is 32.1. The molecule has 1 nitrogen and oxygen atoms in total. The van der Waals surface area contributed by atoms with Crippen LogP contribution in [0.4, 0.5) is 0 Å². The molecule has 0 amide bonds. The molecule has 0 saturated heterocycles. The van der Waals surface area contributed by atoms with E-state index in [2.05, 4.69) is 23.4 Å². The van der Waals surface area contributed by atoms with Gasteiger partial charge in [-0.3, -0.25) is 0 Å². The lowest BCUT2D eigenvalue weighted by Crippen LogP contribution is -1.96. The maximum atomic E-state index is 4.64. The summed E-state index contributed by atoms with van der Waals surface area (Å²) in [6.07, 6.45) is 2.65. The molecule has 0 bridgehead atoms. The van der Waals surface area contributed by atoms with Crippen molar-refractivity contribution in [3.63, 3.8) is 0 Å². The van der Waals surface area contributed by atoms with Gasteiger partial charge in [0.15, 0.2) is 0 Å². The molecule has 0 unspecified atom stereocenters. The Morgan fingerprint density at radius 2 is 2.33 bits per heavy atom. The third-order valence-corrected chi connectivity index (χ3v) is 4.80. The molecule has 1 aliphatic rings. The van der Waals surface area contributed by atoms with E-state index in [1.54, 1.807) is 11.3 Å². The minimum Gasteiger partial charge on any atom is -0.230 e. The number of hydrogen-bond acceptors (Lipinski definition) is 3. The van der Waals surface area contributed by atoms with Gasteiger partial charge in [0.2, 0.25) is 0 Å². The van der Waals surface area contributed by atoms with Gasteiger partial charge in [0.1, 0.15) is 9.84 Å². The molecule has 3 heteroatoms. The van der Waals surface area contributed by atoms with Gasteiger partial charge in [0, 0.05) is 5.41 Å². The molecule has 0 N–H and O–H groups in total. The van der Waals surface area contributed by atoms with E-state index in [9.17, 15) is 0 Å². The highest BCUT2D eigenvalue weighted by Gasteiger charge is 2.42. The van der Waals surface area contributed by atoms with Crippen molar-refractivity contribution in [1.29, 1.82) is 0 Å². The van der Waals surface area contributed by atoms with Crippen LogP contribution in [0.2, 0.25) is 0 Å². The zero-order valence-electron chi connectivity index (χ0n) is 6.83. The van der Waals surface area contributed by atoms with E-state index in [1.165, 1.54) is 27.4 Å². The van der Waals surface area contributed by atoms with Gasteiger partial charge in [-0.15, -0.1) is 22.7 Å². The van der Waals surface area contributed by atoms with Crippen LogP contribution in [0.1, 0.15) is 24.8 Å². The van der Waals surface area contributed by atoms with Gasteiger partial charge in [-0.05, 0) is 24.3 Å². The summed E-state index contributed by atoms with van der Waals surface area (Å²) < 4.78 is 1.36. The number of nitrogens with zero attached hydrogens (tertiary/aromatic N) is 1. The van der Waals surface area contributed by atoms with Crippen molar-refractivity contribution in [3.8, 4) is 0 Å². The zero-order chi connectivity index (χ0) is 8.18. The molecule has 3 rings (SSSR count). The molecular weight excluding hydrogens is 186 g/mol. The maximum absolute atomic E-state index is 4.64. The van der Waals surface area contributed by atoms with Crippen LogP contribution in [0.5, 0.6) is 0 Å². The number of thiophene rings is 1. The van der Waals surface area contributed by atoms with Crippen molar-refractivity contribution in [1.82, 2.24) is 4.98 Å². The highest BCUT2D eigenvalue weighted by molar-refractivity contribution is 7.26. The van der Waals surface area contributed by atoms with Crippen LogP contribution in [0.15, 0.2) is 11.4 Å². The number of rotatable bonds is 1. The lowest BCUT2D eigenvalue weighted by Gasteiger charge is -1.99. The van der Waals surface area contributed by atoms with Crippen molar-refractivity contribution in [2.75, 3.05) is 0 Å². The number of hydrogen-bond donors (Lipinski definition) is 0. The van der Waals surface area contributed by atoms with Crippen LogP contribution in [-0.4, -0.2) is 4.98 Å². The molecular formula is C9H9NS2. The van der Waals surface area contributed by atoms with Crippen LogP contribution in [0.3, 0.4) is 0 Å². The second-order valence-electron chi connectivity index (χ2n) is 3.67. The van der Waals surface area contributed by atoms with Crippen LogP contribution in [0.25, 0.3) is 9.53 Å². The van der Waals surface area contributed by atoms with Crippen molar-refractivity contribution >= 4 is 32.2 Å². The molecule has 1 fully saturated rings. The van der Waals surface area contributed by atoms with E-state index in [0.717, 1.165) is 0 Å². The third kappa shape index (κ3) is 0.866. The lowest BCUT2D eigenvalue weighted by atomic mass is 10.2. The van der Waals surface area contributed by atoms with E-state index in [-0.39, 0.29) is 0 Å². The SMILES string of the molecule is CC1(c2nc3sccc3s2)CC1. The smallest absolute Gasteiger partial charge is 0.134 e. The second kappa shape index (κ2) is 2.09. The fourth-order valence-electron chi connectivity index (χ4n) is 1.33. The molecule has 2 heterocycles. The van der Waals surface area contributed by atoms with Crippen LogP contribution in [-0.2, 0) is 5.41 Å². The van der Waals surface area contributed by atoms with Crippen LogP contribution in [0, 0.1) is 0 Å². The molecule has 0 aliphatic heterocycles. The Balaban J connectivity index is 2.21.